The smallest absolute Gasteiger partial charge is 0.414 e. The zero-order valence-electron chi connectivity index (χ0n) is 12.9. The minimum atomic E-state index is -1.82. The number of aliphatic hydroxyl groups is 1. The fourth-order valence-corrected chi connectivity index (χ4v) is 1.19. The first-order chi connectivity index (χ1) is 10.1. The number of carboxylic acid groups (broad SMARTS) is 2. The lowest BCUT2D eigenvalue weighted by Crippen LogP contribution is -2.42. The van der Waals surface area contributed by atoms with Crippen LogP contribution in [0.1, 0.15) is 20.8 Å². The van der Waals surface area contributed by atoms with E-state index in [0.29, 0.717) is 13.2 Å². The first-order valence-electron chi connectivity index (χ1n) is 6.69. The maximum absolute atomic E-state index is 9.69. The number of ether oxygens (including phenoxy) is 1. The minimum Gasteiger partial charge on any atom is -0.491 e. The lowest BCUT2D eigenvalue weighted by atomic mass is 10.1. The molecule has 0 aliphatic carbocycles. The van der Waals surface area contributed by atoms with E-state index >= 15 is 0 Å². The molecule has 1 aromatic rings. The molecule has 0 aliphatic heterocycles. The largest absolute Gasteiger partial charge is 0.491 e. The third-order valence-electron chi connectivity index (χ3n) is 2.24. The van der Waals surface area contributed by atoms with E-state index in [0.717, 1.165) is 5.75 Å². The molecule has 7 heteroatoms. The van der Waals surface area contributed by atoms with Crippen molar-refractivity contribution >= 4 is 11.9 Å². The highest BCUT2D eigenvalue weighted by atomic mass is 16.5. The van der Waals surface area contributed by atoms with Crippen LogP contribution in [0.4, 0.5) is 0 Å². The number of β-amino-alcohol motifs (C(OH)–C–C–N with tert-alkyl or cyclic N) is 1. The van der Waals surface area contributed by atoms with Gasteiger partial charge < -0.3 is 25.4 Å². The van der Waals surface area contributed by atoms with Crippen molar-refractivity contribution in [1.29, 1.82) is 0 Å². The van der Waals surface area contributed by atoms with Gasteiger partial charge in [0.2, 0.25) is 0 Å². The normalized spacial score (nSPS) is 11.8. The summed E-state index contributed by atoms with van der Waals surface area (Å²) in [6.07, 6.45) is -0.487. The molecule has 0 fully saturated rings. The van der Waals surface area contributed by atoms with E-state index < -0.39 is 18.0 Å². The number of para-hydroxylation sites is 1. The first-order valence-corrected chi connectivity index (χ1v) is 6.69. The zero-order valence-corrected chi connectivity index (χ0v) is 12.9. The number of hydrogen-bond donors (Lipinski definition) is 4. The molecule has 0 amide bonds. The van der Waals surface area contributed by atoms with Crippen LogP contribution in [0.5, 0.6) is 5.75 Å². The molecular weight excluding hydrogens is 290 g/mol. The molecule has 7 nitrogen and oxygen atoms in total. The molecule has 0 aliphatic rings. The maximum Gasteiger partial charge on any atom is 0.414 e. The third kappa shape index (κ3) is 11.7. The molecule has 0 bridgehead atoms. The van der Waals surface area contributed by atoms with Crippen LogP contribution in [0.3, 0.4) is 0 Å². The summed E-state index contributed by atoms with van der Waals surface area (Å²) in [5.74, 6) is -2.86. The molecule has 4 N–H and O–H groups in total. The average molecular weight is 313 g/mol. The number of aliphatic carboxylic acids is 2. The van der Waals surface area contributed by atoms with Crippen molar-refractivity contribution in [2.75, 3.05) is 13.2 Å². The summed E-state index contributed by atoms with van der Waals surface area (Å²) in [5.41, 5.74) is 0.0216. The van der Waals surface area contributed by atoms with Crippen molar-refractivity contribution in [2.24, 2.45) is 0 Å². The van der Waals surface area contributed by atoms with Gasteiger partial charge in [0.15, 0.2) is 0 Å². The number of benzene rings is 1. The molecule has 124 valence electrons. The van der Waals surface area contributed by atoms with E-state index in [4.69, 9.17) is 24.5 Å². The number of carbonyl (C=O) groups is 2. The van der Waals surface area contributed by atoms with Crippen molar-refractivity contribution in [3.05, 3.63) is 30.3 Å². The van der Waals surface area contributed by atoms with Crippen LogP contribution >= 0.6 is 0 Å². The molecule has 1 aromatic carbocycles. The van der Waals surface area contributed by atoms with Crippen LogP contribution in [0, 0.1) is 0 Å². The average Bonchev–Trinajstić information content (AvgIpc) is 2.44. The van der Waals surface area contributed by atoms with Crippen molar-refractivity contribution in [3.63, 3.8) is 0 Å². The molecule has 0 saturated heterocycles. The molecule has 1 atom stereocenters. The highest BCUT2D eigenvalue weighted by molar-refractivity contribution is 6.27. The molecule has 0 spiro atoms. The Morgan fingerprint density at radius 3 is 2.05 bits per heavy atom. The highest BCUT2D eigenvalue weighted by Gasteiger charge is 2.12. The Kier molecular flexibility index (Phi) is 8.81. The predicted molar refractivity (Wildman–Crippen MR) is 81.0 cm³/mol. The second kappa shape index (κ2) is 9.75. The van der Waals surface area contributed by atoms with Gasteiger partial charge in [-0.05, 0) is 32.9 Å². The van der Waals surface area contributed by atoms with Gasteiger partial charge in [-0.3, -0.25) is 0 Å². The first kappa shape index (κ1) is 19.9. The SMILES string of the molecule is CC(C)(C)NCC(O)COc1ccccc1.O=C(O)C(=O)O. The molecule has 22 heavy (non-hydrogen) atoms. The molecule has 0 aromatic heterocycles. The molecule has 0 heterocycles. The lowest BCUT2D eigenvalue weighted by Gasteiger charge is -2.22. The minimum absolute atomic E-state index is 0.0216. The van der Waals surface area contributed by atoms with Crippen LogP contribution in [0.25, 0.3) is 0 Å². The van der Waals surface area contributed by atoms with Crippen molar-refractivity contribution in [2.45, 2.75) is 32.4 Å². The Morgan fingerprint density at radius 2 is 1.64 bits per heavy atom. The molecule has 1 rings (SSSR count). The molecular formula is C15H23NO6. The van der Waals surface area contributed by atoms with Gasteiger partial charge in [-0.15, -0.1) is 0 Å². The van der Waals surface area contributed by atoms with E-state index in [2.05, 4.69) is 26.1 Å². The predicted octanol–water partition coefficient (Wildman–Crippen LogP) is 0.970. The van der Waals surface area contributed by atoms with Crippen molar-refractivity contribution in [3.8, 4) is 5.75 Å². The van der Waals surface area contributed by atoms with E-state index in [1.54, 1.807) is 0 Å². The van der Waals surface area contributed by atoms with E-state index in [1.165, 1.54) is 0 Å². The van der Waals surface area contributed by atoms with Gasteiger partial charge in [-0.2, -0.15) is 0 Å². The summed E-state index contributed by atoms with van der Waals surface area (Å²) in [6, 6.07) is 9.52. The Bertz CT molecular complexity index is 443. The van der Waals surface area contributed by atoms with Gasteiger partial charge in [-0.25, -0.2) is 9.59 Å². The van der Waals surface area contributed by atoms with Gasteiger partial charge in [-0.1, -0.05) is 18.2 Å². The standard InChI is InChI=1S/C13H21NO2.C2H2O4/c1-13(2,3)14-9-11(15)10-16-12-7-5-4-6-8-12;3-1(4)2(5)6/h4-8,11,14-15H,9-10H2,1-3H3;(H,3,4)(H,5,6). The number of rotatable bonds is 5. The van der Waals surface area contributed by atoms with Crippen molar-refractivity contribution < 1.29 is 29.6 Å². The van der Waals surface area contributed by atoms with Gasteiger partial charge >= 0.3 is 11.9 Å². The number of carboxylic acids is 2. The molecule has 0 radical (unpaired) electrons. The van der Waals surface area contributed by atoms with Crippen LogP contribution in [-0.2, 0) is 9.59 Å². The van der Waals surface area contributed by atoms with Crippen molar-refractivity contribution in [1.82, 2.24) is 5.32 Å². The monoisotopic (exact) mass is 313 g/mol. The highest BCUT2D eigenvalue weighted by Crippen LogP contribution is 2.08. The Labute approximate surface area is 129 Å². The Balaban J connectivity index is 0.000000626. The maximum atomic E-state index is 9.69. The second-order valence-corrected chi connectivity index (χ2v) is 5.52. The van der Waals surface area contributed by atoms with Gasteiger partial charge in [0.25, 0.3) is 0 Å². The van der Waals surface area contributed by atoms with Crippen LogP contribution in [-0.4, -0.2) is 52.1 Å². The Hall–Kier alpha value is -2.12. The summed E-state index contributed by atoms with van der Waals surface area (Å²) in [5, 5.41) is 27.7. The van der Waals surface area contributed by atoms with Gasteiger partial charge in [0, 0.05) is 12.1 Å². The van der Waals surface area contributed by atoms with Crippen LogP contribution in [0.2, 0.25) is 0 Å². The van der Waals surface area contributed by atoms with Crippen LogP contribution < -0.4 is 10.1 Å². The molecule has 0 saturated carbocycles. The lowest BCUT2D eigenvalue weighted by molar-refractivity contribution is -0.159. The number of nitrogens with one attached hydrogen (secondary N) is 1. The third-order valence-corrected chi connectivity index (χ3v) is 2.24. The summed E-state index contributed by atoms with van der Waals surface area (Å²) in [4.78, 5) is 18.2. The van der Waals surface area contributed by atoms with Gasteiger partial charge in [0.05, 0.1) is 0 Å². The fourth-order valence-electron chi connectivity index (χ4n) is 1.19. The zero-order chi connectivity index (χ0) is 17.2. The summed E-state index contributed by atoms with van der Waals surface area (Å²) in [7, 11) is 0. The summed E-state index contributed by atoms with van der Waals surface area (Å²) < 4.78 is 5.44. The van der Waals surface area contributed by atoms with E-state index in [1.807, 2.05) is 30.3 Å². The summed E-state index contributed by atoms with van der Waals surface area (Å²) >= 11 is 0. The quantitative estimate of drug-likeness (QED) is 0.598. The van der Waals surface area contributed by atoms with E-state index in [-0.39, 0.29) is 5.54 Å². The summed E-state index contributed by atoms with van der Waals surface area (Å²) in [6.45, 7) is 7.05. The Morgan fingerprint density at radius 1 is 1.14 bits per heavy atom. The number of aliphatic hydroxyl groups excluding tert-OH is 1. The van der Waals surface area contributed by atoms with Gasteiger partial charge in [0.1, 0.15) is 18.5 Å². The van der Waals surface area contributed by atoms with Crippen LogP contribution in [0.15, 0.2) is 30.3 Å². The second-order valence-electron chi connectivity index (χ2n) is 5.52. The molecule has 1 unspecified atom stereocenters. The van der Waals surface area contributed by atoms with E-state index in [9.17, 15) is 5.11 Å². The number of hydrogen-bond acceptors (Lipinski definition) is 5. The topological polar surface area (TPSA) is 116 Å². The fraction of sp³-hybridized carbons (Fsp3) is 0.467.